The van der Waals surface area contributed by atoms with Gasteiger partial charge in [-0.15, -0.1) is 0 Å². The lowest BCUT2D eigenvalue weighted by molar-refractivity contribution is -0.129. The summed E-state index contributed by atoms with van der Waals surface area (Å²) in [5.41, 5.74) is 4.37. The molecule has 1 saturated heterocycles. The molecule has 0 aromatic heterocycles. The number of hydrogen-bond acceptors (Lipinski definition) is 5. The van der Waals surface area contributed by atoms with Gasteiger partial charge in [-0.2, -0.15) is 0 Å². The number of methoxy groups -OCH3 is 1. The van der Waals surface area contributed by atoms with E-state index in [-0.39, 0.29) is 23.1 Å². The smallest absolute Gasteiger partial charge is 0.268 e. The summed E-state index contributed by atoms with van der Waals surface area (Å²) in [5, 5.41) is 0.671. The van der Waals surface area contributed by atoms with Gasteiger partial charge >= 0.3 is 0 Å². The fourth-order valence-electron chi connectivity index (χ4n) is 4.47. The molecule has 0 spiro atoms. The quantitative estimate of drug-likeness (QED) is 0.429. The van der Waals surface area contributed by atoms with Crippen LogP contribution in [0.5, 0.6) is 5.75 Å². The number of benzene rings is 3. The minimum Gasteiger partial charge on any atom is -0.495 e. The molecule has 0 radical (unpaired) electrons. The predicted octanol–water partition coefficient (Wildman–Crippen LogP) is 4.82. The molecule has 37 heavy (non-hydrogen) atoms. The van der Waals surface area contributed by atoms with Crippen LogP contribution >= 0.6 is 11.6 Å². The third kappa shape index (κ3) is 5.86. The number of carbonyl (C=O) groups excluding carboxylic acids is 1. The van der Waals surface area contributed by atoms with Gasteiger partial charge in [-0.1, -0.05) is 41.4 Å². The zero-order chi connectivity index (χ0) is 26.7. The Morgan fingerprint density at radius 1 is 0.919 bits per heavy atom. The van der Waals surface area contributed by atoms with Gasteiger partial charge in [-0.05, 0) is 68.3 Å². The molecule has 9 heteroatoms. The Kier molecular flexibility index (Phi) is 7.99. The van der Waals surface area contributed by atoms with Gasteiger partial charge in [0.15, 0.2) is 0 Å². The number of nitrogens with zero attached hydrogens (tertiary/aromatic N) is 3. The van der Waals surface area contributed by atoms with Crippen LogP contribution in [0.4, 0.5) is 11.4 Å². The van der Waals surface area contributed by atoms with Crippen LogP contribution < -0.4 is 13.9 Å². The molecule has 4 rings (SSSR count). The van der Waals surface area contributed by atoms with E-state index in [1.807, 2.05) is 51.1 Å². The maximum atomic E-state index is 13.9. The maximum Gasteiger partial charge on any atom is 0.268 e. The van der Waals surface area contributed by atoms with Crippen molar-refractivity contribution < 1.29 is 17.9 Å². The van der Waals surface area contributed by atoms with Crippen molar-refractivity contribution in [3.8, 4) is 5.75 Å². The van der Waals surface area contributed by atoms with Crippen LogP contribution in [0.2, 0.25) is 5.02 Å². The van der Waals surface area contributed by atoms with Crippen LogP contribution in [-0.4, -0.2) is 59.1 Å². The lowest BCUT2D eigenvalue weighted by Crippen LogP contribution is -2.52. The lowest BCUT2D eigenvalue weighted by Gasteiger charge is -2.37. The minimum atomic E-state index is -4.09. The monoisotopic (exact) mass is 541 g/mol. The fraction of sp³-hybridized carbons (Fsp3) is 0.321. The second-order valence-electron chi connectivity index (χ2n) is 9.30. The second kappa shape index (κ2) is 11.0. The molecule has 7 nitrogen and oxygen atoms in total. The molecule has 1 aliphatic heterocycles. The van der Waals surface area contributed by atoms with E-state index in [4.69, 9.17) is 16.3 Å². The Morgan fingerprint density at radius 2 is 1.57 bits per heavy atom. The normalized spacial score (nSPS) is 14.0. The third-order valence-corrected chi connectivity index (χ3v) is 8.66. The van der Waals surface area contributed by atoms with E-state index in [1.54, 1.807) is 35.2 Å². The molecule has 0 N–H and O–H groups in total. The standard InChI is InChI=1S/C28H32ClN3O4S/c1-20-5-10-24(11-6-20)32(37(34,35)27-17-21(2)7-12-26(27)36-4)19-28(33)31-15-13-30(14-16-31)25-18-23(29)9-8-22(25)3/h5-12,17-18H,13-16,19H2,1-4H3. The van der Waals surface area contributed by atoms with Crippen molar-refractivity contribution in [1.82, 2.24) is 4.90 Å². The topological polar surface area (TPSA) is 70.2 Å². The molecule has 3 aromatic rings. The number of anilines is 2. The fourth-order valence-corrected chi connectivity index (χ4v) is 6.30. The minimum absolute atomic E-state index is 0.0321. The molecular weight excluding hydrogens is 510 g/mol. The first-order valence-corrected chi connectivity index (χ1v) is 13.9. The molecule has 0 saturated carbocycles. The third-order valence-electron chi connectivity index (χ3n) is 6.63. The Balaban J connectivity index is 1.58. The van der Waals surface area contributed by atoms with Crippen molar-refractivity contribution in [2.24, 2.45) is 0 Å². The number of rotatable bonds is 7. The van der Waals surface area contributed by atoms with E-state index in [1.165, 1.54) is 11.4 Å². The Labute approximate surface area is 224 Å². The van der Waals surface area contributed by atoms with E-state index < -0.39 is 10.0 Å². The highest BCUT2D eigenvalue weighted by atomic mass is 35.5. The van der Waals surface area contributed by atoms with Crippen molar-refractivity contribution in [2.45, 2.75) is 25.7 Å². The summed E-state index contributed by atoms with van der Waals surface area (Å²) < 4.78 is 34.4. The zero-order valence-corrected chi connectivity index (χ0v) is 23.1. The van der Waals surface area contributed by atoms with Gasteiger partial charge in [0.05, 0.1) is 12.8 Å². The highest BCUT2D eigenvalue weighted by Gasteiger charge is 2.32. The van der Waals surface area contributed by atoms with E-state index in [0.717, 1.165) is 22.4 Å². The number of carbonyl (C=O) groups is 1. The average molecular weight is 542 g/mol. The second-order valence-corrected chi connectivity index (χ2v) is 11.6. The molecule has 1 aliphatic rings. The maximum absolute atomic E-state index is 13.9. The van der Waals surface area contributed by atoms with Gasteiger partial charge in [0.2, 0.25) is 5.91 Å². The summed E-state index contributed by atoms with van der Waals surface area (Å²) in [5.74, 6) is -0.0149. The number of piperazine rings is 1. The van der Waals surface area contributed by atoms with Crippen molar-refractivity contribution in [3.05, 3.63) is 82.4 Å². The predicted molar refractivity (Wildman–Crippen MR) is 148 cm³/mol. The summed E-state index contributed by atoms with van der Waals surface area (Å²) in [4.78, 5) is 17.4. The lowest BCUT2D eigenvalue weighted by atomic mass is 10.1. The van der Waals surface area contributed by atoms with Crippen molar-refractivity contribution in [1.29, 1.82) is 0 Å². The average Bonchev–Trinajstić information content (AvgIpc) is 2.89. The highest BCUT2D eigenvalue weighted by molar-refractivity contribution is 7.93. The van der Waals surface area contributed by atoms with Gasteiger partial charge in [0, 0.05) is 36.9 Å². The van der Waals surface area contributed by atoms with Gasteiger partial charge < -0.3 is 14.5 Å². The summed E-state index contributed by atoms with van der Waals surface area (Å²) in [6, 6.07) is 17.9. The molecule has 3 aromatic carbocycles. The highest BCUT2D eigenvalue weighted by Crippen LogP contribution is 2.31. The first-order valence-electron chi connectivity index (χ1n) is 12.1. The van der Waals surface area contributed by atoms with Crippen LogP contribution in [-0.2, 0) is 14.8 Å². The van der Waals surface area contributed by atoms with Crippen LogP contribution in [0.3, 0.4) is 0 Å². The molecular formula is C28H32ClN3O4S. The number of halogens is 1. The first kappa shape index (κ1) is 26.8. The van der Waals surface area contributed by atoms with Gasteiger partial charge in [-0.3, -0.25) is 9.10 Å². The largest absolute Gasteiger partial charge is 0.495 e. The molecule has 0 bridgehead atoms. The van der Waals surface area contributed by atoms with Crippen LogP contribution in [0.25, 0.3) is 0 Å². The van der Waals surface area contributed by atoms with Crippen molar-refractivity contribution in [3.63, 3.8) is 0 Å². The molecule has 1 amide bonds. The number of hydrogen-bond donors (Lipinski definition) is 0. The van der Waals surface area contributed by atoms with Crippen molar-refractivity contribution in [2.75, 3.05) is 49.0 Å². The summed E-state index contributed by atoms with van der Waals surface area (Å²) in [6.45, 7) is 7.72. The van der Waals surface area contributed by atoms with Gasteiger partial charge in [-0.25, -0.2) is 8.42 Å². The number of ether oxygens (including phenoxy) is 1. The van der Waals surface area contributed by atoms with Crippen LogP contribution in [0.15, 0.2) is 65.6 Å². The molecule has 1 fully saturated rings. The summed E-state index contributed by atoms with van der Waals surface area (Å²) in [6.07, 6.45) is 0. The van der Waals surface area contributed by atoms with E-state index in [2.05, 4.69) is 4.90 Å². The zero-order valence-electron chi connectivity index (χ0n) is 21.6. The SMILES string of the molecule is COc1ccc(C)cc1S(=O)(=O)N(CC(=O)N1CCN(c2cc(Cl)ccc2C)CC1)c1ccc(C)cc1. The Hall–Kier alpha value is -3.23. The molecule has 0 unspecified atom stereocenters. The first-order chi connectivity index (χ1) is 17.6. The number of amides is 1. The molecule has 0 aliphatic carbocycles. The Bertz CT molecular complexity index is 1390. The van der Waals surface area contributed by atoms with Crippen LogP contribution in [0.1, 0.15) is 16.7 Å². The molecule has 0 atom stereocenters. The van der Waals surface area contributed by atoms with Gasteiger partial charge in [0.1, 0.15) is 17.2 Å². The molecule has 196 valence electrons. The van der Waals surface area contributed by atoms with E-state index in [9.17, 15) is 13.2 Å². The summed E-state index contributed by atoms with van der Waals surface area (Å²) in [7, 11) is -2.66. The van der Waals surface area contributed by atoms with E-state index >= 15 is 0 Å². The number of sulfonamides is 1. The number of aryl methyl sites for hydroxylation is 3. The summed E-state index contributed by atoms with van der Waals surface area (Å²) >= 11 is 6.20. The van der Waals surface area contributed by atoms with Crippen molar-refractivity contribution >= 4 is 38.9 Å². The van der Waals surface area contributed by atoms with E-state index in [0.29, 0.717) is 36.9 Å². The Morgan fingerprint density at radius 3 is 2.22 bits per heavy atom. The molecule has 1 heterocycles. The van der Waals surface area contributed by atoms with Crippen LogP contribution in [0, 0.1) is 20.8 Å². The van der Waals surface area contributed by atoms with Gasteiger partial charge in [0.25, 0.3) is 10.0 Å².